The Labute approximate surface area is 181 Å². The average Bonchev–Trinajstić information content (AvgIpc) is 2.74. The van der Waals surface area contributed by atoms with Gasteiger partial charge >= 0.3 is 0 Å². The summed E-state index contributed by atoms with van der Waals surface area (Å²) in [5.41, 5.74) is 1.87. The Bertz CT molecular complexity index is 1030. The lowest BCUT2D eigenvalue weighted by Crippen LogP contribution is -2.51. The summed E-state index contributed by atoms with van der Waals surface area (Å²) in [6, 6.07) is 11.5. The number of anilines is 1. The molecule has 0 N–H and O–H groups in total. The summed E-state index contributed by atoms with van der Waals surface area (Å²) < 4.78 is 28.1. The molecule has 0 aliphatic carbocycles. The van der Waals surface area contributed by atoms with E-state index in [0.29, 0.717) is 42.5 Å². The molecule has 0 unspecified atom stereocenters. The van der Waals surface area contributed by atoms with Crippen LogP contribution >= 0.6 is 11.6 Å². The van der Waals surface area contributed by atoms with E-state index in [1.807, 2.05) is 6.92 Å². The number of hydrogen-bond acceptors (Lipinski definition) is 4. The molecule has 9 heteroatoms. The maximum atomic E-state index is 13.5. The maximum Gasteiger partial charge on any atom is 0.264 e. The number of hydrogen-bond donors (Lipinski definition) is 0. The third kappa shape index (κ3) is 4.60. The number of aryl methyl sites for hydroxylation is 1. The Balaban J connectivity index is 1.96. The minimum absolute atomic E-state index is 0.103. The SMILES string of the molecule is Cc1ccc(S(=O)(=O)N(CC(=O)N2CCN(C=O)CC2)c2cccc(Cl)c2C)cc1. The second-order valence-electron chi connectivity index (χ2n) is 7.23. The lowest BCUT2D eigenvalue weighted by atomic mass is 10.2. The molecule has 1 aliphatic heterocycles. The minimum Gasteiger partial charge on any atom is -0.342 e. The molecule has 0 spiro atoms. The molecule has 2 amide bonds. The summed E-state index contributed by atoms with van der Waals surface area (Å²) in [6.45, 7) is 4.83. The van der Waals surface area contributed by atoms with Crippen LogP contribution in [0.3, 0.4) is 0 Å². The smallest absolute Gasteiger partial charge is 0.264 e. The number of benzene rings is 2. The second kappa shape index (κ2) is 9.06. The first-order chi connectivity index (χ1) is 14.2. The van der Waals surface area contributed by atoms with Crippen LogP contribution in [0.5, 0.6) is 0 Å². The zero-order valence-electron chi connectivity index (χ0n) is 16.9. The summed E-state index contributed by atoms with van der Waals surface area (Å²) >= 11 is 6.24. The van der Waals surface area contributed by atoms with Gasteiger partial charge in [0.2, 0.25) is 12.3 Å². The highest BCUT2D eigenvalue weighted by atomic mass is 35.5. The van der Waals surface area contributed by atoms with Crippen LogP contribution in [0.15, 0.2) is 47.4 Å². The van der Waals surface area contributed by atoms with Gasteiger partial charge in [-0.25, -0.2) is 8.42 Å². The number of sulfonamides is 1. The predicted molar refractivity (Wildman–Crippen MR) is 116 cm³/mol. The van der Waals surface area contributed by atoms with Crippen molar-refractivity contribution in [3.63, 3.8) is 0 Å². The van der Waals surface area contributed by atoms with Gasteiger partial charge in [-0.2, -0.15) is 0 Å². The Morgan fingerprint density at radius 2 is 1.70 bits per heavy atom. The van der Waals surface area contributed by atoms with Crippen molar-refractivity contribution >= 4 is 39.6 Å². The van der Waals surface area contributed by atoms with E-state index >= 15 is 0 Å². The van der Waals surface area contributed by atoms with Gasteiger partial charge in [-0.15, -0.1) is 0 Å². The highest BCUT2D eigenvalue weighted by Crippen LogP contribution is 2.31. The molecular formula is C21H24ClN3O4S. The lowest BCUT2D eigenvalue weighted by molar-refractivity contribution is -0.133. The first-order valence-electron chi connectivity index (χ1n) is 9.55. The van der Waals surface area contributed by atoms with Crippen LogP contribution < -0.4 is 4.31 Å². The van der Waals surface area contributed by atoms with E-state index in [1.165, 1.54) is 12.1 Å². The van der Waals surface area contributed by atoms with Gasteiger partial charge in [0.05, 0.1) is 10.6 Å². The van der Waals surface area contributed by atoms with Gasteiger partial charge in [0.1, 0.15) is 6.54 Å². The summed E-state index contributed by atoms with van der Waals surface area (Å²) in [7, 11) is -4.00. The van der Waals surface area contributed by atoms with Crippen LogP contribution in [-0.4, -0.2) is 63.3 Å². The van der Waals surface area contributed by atoms with Crippen molar-refractivity contribution in [3.8, 4) is 0 Å². The molecule has 160 valence electrons. The molecule has 3 rings (SSSR count). The fourth-order valence-electron chi connectivity index (χ4n) is 3.30. The van der Waals surface area contributed by atoms with E-state index in [4.69, 9.17) is 11.6 Å². The number of nitrogens with zero attached hydrogens (tertiary/aromatic N) is 3. The first-order valence-corrected chi connectivity index (χ1v) is 11.4. The molecule has 0 atom stereocenters. The maximum absolute atomic E-state index is 13.5. The van der Waals surface area contributed by atoms with Crippen molar-refractivity contribution in [2.45, 2.75) is 18.7 Å². The highest BCUT2D eigenvalue weighted by Gasteiger charge is 2.31. The van der Waals surface area contributed by atoms with Crippen molar-refractivity contribution in [1.29, 1.82) is 0 Å². The second-order valence-corrected chi connectivity index (χ2v) is 9.50. The van der Waals surface area contributed by atoms with Crippen LogP contribution in [0.1, 0.15) is 11.1 Å². The van der Waals surface area contributed by atoms with Gasteiger partial charge in [-0.3, -0.25) is 13.9 Å². The number of halogens is 1. The molecule has 2 aromatic carbocycles. The molecule has 30 heavy (non-hydrogen) atoms. The zero-order chi connectivity index (χ0) is 21.9. The van der Waals surface area contributed by atoms with E-state index in [1.54, 1.807) is 47.1 Å². The monoisotopic (exact) mass is 449 g/mol. The van der Waals surface area contributed by atoms with E-state index < -0.39 is 10.0 Å². The molecule has 1 heterocycles. The number of piperazine rings is 1. The standard InChI is InChI=1S/C21H24ClN3O4S/c1-16-6-8-18(9-7-16)30(28,29)25(20-5-3-4-19(22)17(20)2)14-21(27)24-12-10-23(15-26)11-13-24/h3-9,15H,10-14H2,1-2H3. The zero-order valence-corrected chi connectivity index (χ0v) is 18.5. The topological polar surface area (TPSA) is 78.0 Å². The molecule has 0 radical (unpaired) electrons. The number of rotatable bonds is 6. The lowest BCUT2D eigenvalue weighted by Gasteiger charge is -2.34. The Hall–Kier alpha value is -2.58. The Morgan fingerprint density at radius 1 is 1.07 bits per heavy atom. The molecule has 7 nitrogen and oxygen atoms in total. The molecule has 1 fully saturated rings. The minimum atomic E-state index is -4.00. The molecule has 0 bridgehead atoms. The number of amides is 2. The predicted octanol–water partition coefficient (Wildman–Crippen LogP) is 2.45. The largest absolute Gasteiger partial charge is 0.342 e. The van der Waals surface area contributed by atoms with E-state index in [-0.39, 0.29) is 17.3 Å². The van der Waals surface area contributed by atoms with Gasteiger partial charge in [0.25, 0.3) is 10.0 Å². The molecular weight excluding hydrogens is 426 g/mol. The van der Waals surface area contributed by atoms with Crippen molar-refractivity contribution in [1.82, 2.24) is 9.80 Å². The quantitative estimate of drug-likeness (QED) is 0.634. The fraction of sp³-hybridized carbons (Fsp3) is 0.333. The van der Waals surface area contributed by atoms with Crippen LogP contribution in [0, 0.1) is 13.8 Å². The van der Waals surface area contributed by atoms with Crippen molar-refractivity contribution in [2.75, 3.05) is 37.0 Å². The first kappa shape index (κ1) is 22.1. The Kier molecular flexibility index (Phi) is 6.67. The number of carbonyl (C=O) groups excluding carboxylic acids is 2. The van der Waals surface area contributed by atoms with Gasteiger partial charge in [-0.05, 0) is 43.7 Å². The fourth-order valence-corrected chi connectivity index (χ4v) is 4.94. The molecule has 0 saturated carbocycles. The number of carbonyl (C=O) groups is 2. The van der Waals surface area contributed by atoms with Gasteiger partial charge in [-0.1, -0.05) is 35.4 Å². The van der Waals surface area contributed by atoms with E-state index in [0.717, 1.165) is 16.3 Å². The molecule has 0 aromatic heterocycles. The van der Waals surface area contributed by atoms with Crippen LogP contribution in [0.25, 0.3) is 0 Å². The van der Waals surface area contributed by atoms with E-state index in [2.05, 4.69) is 0 Å². The van der Waals surface area contributed by atoms with Gasteiger partial charge in [0, 0.05) is 31.2 Å². The summed E-state index contributed by atoms with van der Waals surface area (Å²) in [6.07, 6.45) is 0.755. The third-order valence-electron chi connectivity index (χ3n) is 5.21. The van der Waals surface area contributed by atoms with Crippen LogP contribution in [-0.2, 0) is 19.6 Å². The molecule has 1 aliphatic rings. The van der Waals surface area contributed by atoms with Gasteiger partial charge < -0.3 is 9.80 Å². The average molecular weight is 450 g/mol. The third-order valence-corrected chi connectivity index (χ3v) is 7.40. The van der Waals surface area contributed by atoms with Crippen molar-refractivity contribution in [2.24, 2.45) is 0 Å². The highest BCUT2D eigenvalue weighted by molar-refractivity contribution is 7.92. The molecule has 1 saturated heterocycles. The van der Waals surface area contributed by atoms with Crippen LogP contribution in [0.2, 0.25) is 5.02 Å². The van der Waals surface area contributed by atoms with Crippen molar-refractivity contribution in [3.05, 3.63) is 58.6 Å². The van der Waals surface area contributed by atoms with Crippen LogP contribution in [0.4, 0.5) is 5.69 Å². The summed E-state index contributed by atoms with van der Waals surface area (Å²) in [5, 5.41) is 0.420. The summed E-state index contributed by atoms with van der Waals surface area (Å²) in [5.74, 6) is -0.324. The normalized spacial score (nSPS) is 14.5. The van der Waals surface area contributed by atoms with Crippen molar-refractivity contribution < 1.29 is 18.0 Å². The molecule has 2 aromatic rings. The Morgan fingerprint density at radius 3 is 2.30 bits per heavy atom. The summed E-state index contributed by atoms with van der Waals surface area (Å²) in [4.78, 5) is 27.2. The van der Waals surface area contributed by atoms with E-state index in [9.17, 15) is 18.0 Å². The van der Waals surface area contributed by atoms with Gasteiger partial charge in [0.15, 0.2) is 0 Å².